The van der Waals surface area contributed by atoms with Crippen molar-refractivity contribution in [3.05, 3.63) is 119 Å². The molecule has 10 atom stereocenters. The highest BCUT2D eigenvalue weighted by Crippen LogP contribution is 2.48. The van der Waals surface area contributed by atoms with Crippen LogP contribution in [0.15, 0.2) is 125 Å². The zero-order valence-electron chi connectivity index (χ0n) is 37.3. The van der Waals surface area contributed by atoms with Crippen molar-refractivity contribution in [2.75, 3.05) is 20.8 Å². The normalized spacial score (nSPS) is 36.6. The summed E-state index contributed by atoms with van der Waals surface area (Å²) < 4.78 is 41.0. The van der Waals surface area contributed by atoms with E-state index in [1.807, 2.05) is 85.8 Å². The number of esters is 1. The molecule has 2 aromatic rings. The molecule has 2 aromatic carbocycles. The molecule has 2 bridgehead atoms. The fourth-order valence-electron chi connectivity index (χ4n) is 10.2. The summed E-state index contributed by atoms with van der Waals surface area (Å²) in [6.07, 6.45) is 12.0. The number of rotatable bonds is 8. The highest BCUT2D eigenvalue weighted by atomic mass is 28.4. The average molecular weight is 852 g/mol. The van der Waals surface area contributed by atoms with Gasteiger partial charge in [0.1, 0.15) is 30.8 Å². The van der Waals surface area contributed by atoms with Crippen LogP contribution in [-0.4, -0.2) is 88.1 Å². The quantitative estimate of drug-likeness (QED) is 0.124. The molecule has 0 aromatic heterocycles. The second-order valence-corrected chi connectivity index (χ2v) is 21.2. The maximum Gasteiger partial charge on any atom is 0.407 e. The average Bonchev–Trinajstić information content (AvgIpc) is 3.57. The molecule has 0 amide bonds. The van der Waals surface area contributed by atoms with E-state index in [1.165, 1.54) is 5.57 Å². The minimum absolute atomic E-state index is 0.0549. The van der Waals surface area contributed by atoms with Crippen molar-refractivity contribution in [3.63, 3.8) is 0 Å². The lowest BCUT2D eigenvalue weighted by Gasteiger charge is -2.50. The summed E-state index contributed by atoms with van der Waals surface area (Å²) in [7, 11) is -0.168. The lowest BCUT2D eigenvalue weighted by atomic mass is 9.71. The number of carbonyl (C=O) groups is 1. The molecule has 5 aliphatic rings. The summed E-state index contributed by atoms with van der Waals surface area (Å²) in [5, 5.41) is 19.6. The molecule has 11 heteroatoms. The van der Waals surface area contributed by atoms with Gasteiger partial charge in [0, 0.05) is 32.3 Å². The Kier molecular flexibility index (Phi) is 13.9. The summed E-state index contributed by atoms with van der Waals surface area (Å²) >= 11 is 0. The van der Waals surface area contributed by atoms with Crippen molar-refractivity contribution in [2.24, 2.45) is 28.8 Å². The molecule has 328 valence electrons. The van der Waals surface area contributed by atoms with Gasteiger partial charge in [-0.3, -0.25) is 4.79 Å². The summed E-state index contributed by atoms with van der Waals surface area (Å²) in [6, 6.07) is 19.9. The third-order valence-corrected chi connectivity index (χ3v) is 16.3. The first-order valence-corrected chi connectivity index (χ1v) is 23.8. The fraction of sp³-hybridized carbons (Fsp3) is 0.520. The van der Waals surface area contributed by atoms with E-state index >= 15 is 0 Å². The van der Waals surface area contributed by atoms with Crippen LogP contribution >= 0.6 is 0 Å². The van der Waals surface area contributed by atoms with Gasteiger partial charge in [0.2, 0.25) is 0 Å². The minimum Gasteiger partial charge on any atom is -0.462 e. The number of nitrogens with zero attached hydrogens (tertiary/aromatic N) is 1. The number of hydrogen-bond donors (Lipinski definition) is 1. The Morgan fingerprint density at radius 3 is 2.33 bits per heavy atom. The molecule has 1 aliphatic carbocycles. The molecular formula is C50H65NO9Si. The molecule has 0 saturated carbocycles. The first-order chi connectivity index (χ1) is 29.2. The van der Waals surface area contributed by atoms with E-state index in [0.717, 1.165) is 33.7 Å². The van der Waals surface area contributed by atoms with Crippen LogP contribution in [0.3, 0.4) is 0 Å². The highest BCUT2D eigenvalue weighted by Gasteiger charge is 2.62. The van der Waals surface area contributed by atoms with Gasteiger partial charge in [-0.1, -0.05) is 136 Å². The maximum atomic E-state index is 15.0. The standard InChI is InChI=1S/C50H65NO9Si/c1-32(2)25-35(5)45-37(7)44(51-54-8)30-49(59-45)29-40-28-39(58-49)24-23-34(4)26-33(3)17-16-18-38-31-56-47-46(36(6)27-43(48(52)57-40)50(38,47)53)60-61(55-9,41-19-12-10-13-20-41)42-21-14-11-15-22-42/h10-23,25,27,32-33,37,39-40,43,45-47,53H,24,26,28-31H2,1-9H3/b17-16+,34-23+,35-25+,38-18+,51-44-/t33-,37-,39+,40-,43-,45+,46+,47+,49-,50+/m0/s1. The van der Waals surface area contributed by atoms with Crippen LogP contribution in [0.2, 0.25) is 0 Å². The van der Waals surface area contributed by atoms with Gasteiger partial charge in [0.05, 0.1) is 30.6 Å². The number of benzene rings is 2. The largest absolute Gasteiger partial charge is 0.462 e. The third kappa shape index (κ3) is 9.25. The fourth-order valence-corrected chi connectivity index (χ4v) is 13.3. The van der Waals surface area contributed by atoms with E-state index < -0.39 is 50.1 Å². The van der Waals surface area contributed by atoms with Gasteiger partial charge in [-0.05, 0) is 72.5 Å². The number of oxime groups is 1. The molecule has 3 fully saturated rings. The zero-order valence-corrected chi connectivity index (χ0v) is 38.3. The summed E-state index contributed by atoms with van der Waals surface area (Å²) in [5.41, 5.74) is 2.71. The van der Waals surface area contributed by atoms with Crippen LogP contribution in [-0.2, 0) is 37.4 Å². The molecule has 0 unspecified atom stereocenters. The van der Waals surface area contributed by atoms with Gasteiger partial charge in [-0.2, -0.15) is 0 Å². The van der Waals surface area contributed by atoms with Crippen molar-refractivity contribution in [2.45, 2.75) is 122 Å². The summed E-state index contributed by atoms with van der Waals surface area (Å²) in [4.78, 5) is 20.3. The van der Waals surface area contributed by atoms with Gasteiger partial charge in [-0.15, -0.1) is 0 Å². The van der Waals surface area contributed by atoms with E-state index in [1.54, 1.807) is 14.2 Å². The molecular weight excluding hydrogens is 787 g/mol. The van der Waals surface area contributed by atoms with Crippen LogP contribution in [0.1, 0.15) is 80.6 Å². The Morgan fingerprint density at radius 1 is 1.00 bits per heavy atom. The van der Waals surface area contributed by atoms with E-state index in [9.17, 15) is 9.90 Å². The van der Waals surface area contributed by atoms with Gasteiger partial charge in [-0.25, -0.2) is 0 Å². The van der Waals surface area contributed by atoms with Crippen LogP contribution in [0.4, 0.5) is 0 Å². The van der Waals surface area contributed by atoms with Crippen molar-refractivity contribution < 1.29 is 42.5 Å². The van der Waals surface area contributed by atoms with E-state index in [0.29, 0.717) is 30.8 Å². The third-order valence-electron chi connectivity index (χ3n) is 13.0. The minimum atomic E-state index is -3.41. The lowest BCUT2D eigenvalue weighted by Crippen LogP contribution is -2.68. The van der Waals surface area contributed by atoms with Crippen molar-refractivity contribution in [1.29, 1.82) is 0 Å². The Labute approximate surface area is 363 Å². The van der Waals surface area contributed by atoms with Crippen LogP contribution in [0, 0.1) is 23.7 Å². The van der Waals surface area contributed by atoms with Crippen molar-refractivity contribution in [3.8, 4) is 0 Å². The SMILES string of the molecule is CO/N=C1/C[C@]2(C[C@@H]3C[C@@H](C/C=C(\C)C[C@@H](C)/C=C/C=C4\CO[C@@H]5[C@H](O[Si](OC)(c6ccccc6)c6ccccc6)C(C)=C[C@@H](C(=O)O3)[C@]45O)O2)O[C@H](/C(C)=C/C(C)C)[C@H]1C. The van der Waals surface area contributed by atoms with Gasteiger partial charge < -0.3 is 37.7 Å². The Hall–Kier alpha value is -3.94. The molecule has 10 nitrogen and oxygen atoms in total. The number of carbonyl (C=O) groups excluding carboxylic acids is 1. The van der Waals surface area contributed by atoms with Gasteiger partial charge >= 0.3 is 14.5 Å². The van der Waals surface area contributed by atoms with Crippen LogP contribution in [0.5, 0.6) is 0 Å². The lowest BCUT2D eigenvalue weighted by molar-refractivity contribution is -0.313. The predicted molar refractivity (Wildman–Crippen MR) is 240 cm³/mol. The Morgan fingerprint density at radius 2 is 1.69 bits per heavy atom. The van der Waals surface area contributed by atoms with Gasteiger partial charge in [0.25, 0.3) is 0 Å². The highest BCUT2D eigenvalue weighted by molar-refractivity contribution is 6.92. The number of hydrogen-bond acceptors (Lipinski definition) is 10. The summed E-state index contributed by atoms with van der Waals surface area (Å²) in [5.74, 6) is -2.28. The van der Waals surface area contributed by atoms with Gasteiger partial charge in [0.15, 0.2) is 5.79 Å². The van der Waals surface area contributed by atoms with E-state index in [2.05, 4.69) is 64.9 Å². The first kappa shape index (κ1) is 45.1. The molecule has 4 aliphatic heterocycles. The molecule has 1 spiro atoms. The molecule has 1 N–H and O–H groups in total. The molecule has 61 heavy (non-hydrogen) atoms. The summed E-state index contributed by atoms with van der Waals surface area (Å²) in [6.45, 7) is 14.9. The van der Waals surface area contributed by atoms with E-state index in [4.69, 9.17) is 32.6 Å². The number of allylic oxidation sites excluding steroid dienone is 5. The first-order valence-electron chi connectivity index (χ1n) is 22.0. The number of aliphatic hydroxyl groups is 1. The smallest absolute Gasteiger partial charge is 0.407 e. The maximum absolute atomic E-state index is 15.0. The predicted octanol–water partition coefficient (Wildman–Crippen LogP) is 7.66. The Balaban J connectivity index is 1.30. The van der Waals surface area contributed by atoms with Crippen LogP contribution < -0.4 is 10.4 Å². The van der Waals surface area contributed by atoms with E-state index in [-0.39, 0.29) is 37.1 Å². The molecule has 7 rings (SSSR count). The van der Waals surface area contributed by atoms with Crippen LogP contribution in [0.25, 0.3) is 0 Å². The topological polar surface area (TPSA) is 114 Å². The monoisotopic (exact) mass is 851 g/mol. The number of fused-ring (bicyclic) bond motifs is 2. The van der Waals surface area contributed by atoms with Crippen molar-refractivity contribution in [1.82, 2.24) is 0 Å². The second kappa shape index (κ2) is 18.8. The Bertz CT molecular complexity index is 2020. The van der Waals surface area contributed by atoms with Crippen molar-refractivity contribution >= 4 is 30.6 Å². The second-order valence-electron chi connectivity index (χ2n) is 18.2. The molecule has 4 heterocycles. The molecule has 3 saturated heterocycles. The zero-order chi connectivity index (χ0) is 43.5. The number of ether oxygens (including phenoxy) is 4. The molecule has 0 radical (unpaired) electrons.